The molecule has 10 heteroatoms. The average molecular weight is 516 g/mol. The van der Waals surface area contributed by atoms with Crippen molar-refractivity contribution in [1.29, 1.82) is 0 Å². The van der Waals surface area contributed by atoms with E-state index in [0.717, 1.165) is 23.1 Å². The molecule has 37 heavy (non-hydrogen) atoms. The minimum Gasteiger partial charge on any atom is -0.481 e. The summed E-state index contributed by atoms with van der Waals surface area (Å²) in [5, 5.41) is 14.6. The molecule has 3 aromatic rings. The molecule has 196 valence electrons. The number of benzene rings is 2. The number of carbonyl (C=O) groups is 2. The quantitative estimate of drug-likeness (QED) is 0.287. The molecule has 3 N–H and O–H groups in total. The van der Waals surface area contributed by atoms with Crippen LogP contribution in [0.3, 0.4) is 0 Å². The Balaban J connectivity index is 1.68. The number of hydrogen-bond donors (Lipinski definition) is 3. The molecule has 3 rings (SSSR count). The zero-order valence-electron chi connectivity index (χ0n) is 20.4. The number of rotatable bonds is 11. The molecule has 0 bridgehead atoms. The van der Waals surface area contributed by atoms with Gasteiger partial charge in [-0.25, -0.2) is 4.98 Å². The van der Waals surface area contributed by atoms with Crippen LogP contribution in [0.25, 0.3) is 11.1 Å². The summed E-state index contributed by atoms with van der Waals surface area (Å²) in [6.07, 6.45) is -2.65. The van der Waals surface area contributed by atoms with E-state index in [2.05, 4.69) is 34.2 Å². The predicted molar refractivity (Wildman–Crippen MR) is 133 cm³/mol. The van der Waals surface area contributed by atoms with Gasteiger partial charge in [0, 0.05) is 12.7 Å². The van der Waals surface area contributed by atoms with Crippen LogP contribution >= 0.6 is 0 Å². The van der Waals surface area contributed by atoms with Gasteiger partial charge in [-0.1, -0.05) is 50.2 Å². The molecule has 0 saturated carbocycles. The van der Waals surface area contributed by atoms with E-state index in [1.54, 1.807) is 24.3 Å². The topological polar surface area (TPSA) is 101 Å². The van der Waals surface area contributed by atoms with Crippen LogP contribution in [-0.4, -0.2) is 34.9 Å². The van der Waals surface area contributed by atoms with Crippen molar-refractivity contribution in [2.24, 2.45) is 5.92 Å². The Kier molecular flexibility index (Phi) is 9.10. The maximum absolute atomic E-state index is 12.4. The zero-order chi connectivity index (χ0) is 27.0. The molecular formula is C27H28F3N3O4. The van der Waals surface area contributed by atoms with Crippen molar-refractivity contribution in [3.8, 4) is 16.9 Å². The number of halogens is 3. The molecule has 0 radical (unpaired) electrons. The number of alkyl halides is 3. The van der Waals surface area contributed by atoms with E-state index in [9.17, 15) is 22.8 Å². The summed E-state index contributed by atoms with van der Waals surface area (Å²) in [6, 6.07) is 16.7. The molecule has 0 fully saturated rings. The molecule has 0 saturated heterocycles. The number of carboxylic acid groups (broad SMARTS) is 1. The number of hydrogen-bond acceptors (Lipinski definition) is 5. The van der Waals surface area contributed by atoms with Gasteiger partial charge in [0.2, 0.25) is 0 Å². The van der Waals surface area contributed by atoms with Crippen LogP contribution in [0.2, 0.25) is 0 Å². The van der Waals surface area contributed by atoms with E-state index < -0.39 is 18.2 Å². The van der Waals surface area contributed by atoms with Crippen LogP contribution in [0.4, 0.5) is 19.0 Å². The van der Waals surface area contributed by atoms with Gasteiger partial charge in [0.05, 0.1) is 18.0 Å². The van der Waals surface area contributed by atoms with Gasteiger partial charge in [0.15, 0.2) is 0 Å². The lowest BCUT2D eigenvalue weighted by atomic mass is 9.95. The molecular weight excluding hydrogens is 487 g/mol. The fourth-order valence-corrected chi connectivity index (χ4v) is 3.68. The van der Waals surface area contributed by atoms with Crippen molar-refractivity contribution in [1.82, 2.24) is 10.3 Å². The van der Waals surface area contributed by atoms with Crippen molar-refractivity contribution in [2.75, 3.05) is 11.9 Å². The minimum atomic E-state index is -4.73. The molecule has 1 atom stereocenters. The second kappa shape index (κ2) is 12.2. The summed E-state index contributed by atoms with van der Waals surface area (Å²) in [5.74, 6) is -0.705. The Morgan fingerprint density at radius 2 is 1.59 bits per heavy atom. The Hall–Kier alpha value is -4.08. The highest BCUT2D eigenvalue weighted by Gasteiger charge is 2.31. The third kappa shape index (κ3) is 8.82. The standard InChI is InChI=1S/C27H28F3N3O4/c1-17(2)15-23(33-24-12-9-21(16-32-24)26(36)31-14-13-25(34)35)20-5-3-18(4-6-20)19-7-10-22(11-8-19)37-27(28,29)30/h3-12,16-17,23H,13-15H2,1-2H3,(H,31,36)(H,32,33)(H,34,35). The third-order valence-corrected chi connectivity index (χ3v) is 5.41. The van der Waals surface area contributed by atoms with E-state index in [-0.39, 0.29) is 24.8 Å². The molecule has 1 aromatic heterocycles. The molecule has 2 aromatic carbocycles. The van der Waals surface area contributed by atoms with E-state index in [0.29, 0.717) is 17.3 Å². The van der Waals surface area contributed by atoms with Crippen LogP contribution in [0.1, 0.15) is 48.7 Å². The monoisotopic (exact) mass is 515 g/mol. The van der Waals surface area contributed by atoms with Gasteiger partial charge in [0.25, 0.3) is 5.91 Å². The second-order valence-electron chi connectivity index (χ2n) is 8.85. The van der Waals surface area contributed by atoms with Gasteiger partial charge in [-0.15, -0.1) is 13.2 Å². The first-order valence-corrected chi connectivity index (χ1v) is 11.7. The highest BCUT2D eigenvalue weighted by molar-refractivity contribution is 5.94. The Morgan fingerprint density at radius 1 is 0.973 bits per heavy atom. The zero-order valence-corrected chi connectivity index (χ0v) is 20.4. The highest BCUT2D eigenvalue weighted by atomic mass is 19.4. The lowest BCUT2D eigenvalue weighted by Gasteiger charge is -2.22. The number of pyridine rings is 1. The first kappa shape index (κ1) is 27.5. The largest absolute Gasteiger partial charge is 0.573 e. The first-order valence-electron chi connectivity index (χ1n) is 11.7. The summed E-state index contributed by atoms with van der Waals surface area (Å²) < 4.78 is 41.1. The normalized spacial score (nSPS) is 12.2. The number of carboxylic acids is 1. The summed E-state index contributed by atoms with van der Waals surface area (Å²) in [7, 11) is 0. The maximum Gasteiger partial charge on any atom is 0.573 e. The number of aromatic nitrogens is 1. The smallest absolute Gasteiger partial charge is 0.481 e. The first-order chi connectivity index (χ1) is 17.5. The van der Waals surface area contributed by atoms with Gasteiger partial charge >= 0.3 is 12.3 Å². The fraction of sp³-hybridized carbons (Fsp3) is 0.296. The molecule has 1 amide bonds. The summed E-state index contributed by atoms with van der Waals surface area (Å²) in [6.45, 7) is 4.24. The van der Waals surface area contributed by atoms with Gasteiger partial charge in [-0.05, 0) is 53.3 Å². The molecule has 0 aliphatic rings. The van der Waals surface area contributed by atoms with E-state index in [1.165, 1.54) is 18.3 Å². The van der Waals surface area contributed by atoms with Crippen LogP contribution in [-0.2, 0) is 4.79 Å². The summed E-state index contributed by atoms with van der Waals surface area (Å²) >= 11 is 0. The van der Waals surface area contributed by atoms with Crippen molar-refractivity contribution in [3.05, 3.63) is 78.0 Å². The fourth-order valence-electron chi connectivity index (χ4n) is 3.68. The SMILES string of the molecule is CC(C)CC(Nc1ccc(C(=O)NCCC(=O)O)cn1)c1ccc(-c2ccc(OC(F)(F)F)cc2)cc1. The number of anilines is 1. The molecule has 1 heterocycles. The van der Waals surface area contributed by atoms with Crippen LogP contribution in [0.5, 0.6) is 5.75 Å². The predicted octanol–water partition coefficient (Wildman–Crippen LogP) is 6.05. The van der Waals surface area contributed by atoms with Gasteiger partial charge < -0.3 is 20.5 Å². The molecule has 0 aliphatic heterocycles. The van der Waals surface area contributed by atoms with Crippen LogP contribution in [0.15, 0.2) is 66.9 Å². The number of ether oxygens (including phenoxy) is 1. The Labute approximate surface area is 212 Å². The Bertz CT molecular complexity index is 1180. The highest BCUT2D eigenvalue weighted by Crippen LogP contribution is 2.30. The number of nitrogens with one attached hydrogen (secondary N) is 2. The molecule has 0 spiro atoms. The molecule has 7 nitrogen and oxygen atoms in total. The van der Waals surface area contributed by atoms with Crippen LogP contribution in [0, 0.1) is 5.92 Å². The summed E-state index contributed by atoms with van der Waals surface area (Å²) in [5.41, 5.74) is 2.94. The number of aliphatic carboxylic acids is 1. The number of amides is 1. The van der Waals surface area contributed by atoms with Crippen molar-refractivity contribution >= 4 is 17.7 Å². The minimum absolute atomic E-state index is 0.0338. The molecule has 0 aliphatic carbocycles. The van der Waals surface area contributed by atoms with E-state index in [4.69, 9.17) is 5.11 Å². The summed E-state index contributed by atoms with van der Waals surface area (Å²) in [4.78, 5) is 27.1. The third-order valence-electron chi connectivity index (χ3n) is 5.41. The average Bonchev–Trinajstić information content (AvgIpc) is 2.83. The van der Waals surface area contributed by atoms with Gasteiger partial charge in [-0.3, -0.25) is 9.59 Å². The lowest BCUT2D eigenvalue weighted by Crippen LogP contribution is -2.26. The second-order valence-corrected chi connectivity index (χ2v) is 8.85. The van der Waals surface area contributed by atoms with Gasteiger partial charge in [0.1, 0.15) is 11.6 Å². The lowest BCUT2D eigenvalue weighted by molar-refractivity contribution is -0.274. The van der Waals surface area contributed by atoms with Crippen molar-refractivity contribution in [2.45, 2.75) is 39.1 Å². The molecule has 1 unspecified atom stereocenters. The van der Waals surface area contributed by atoms with E-state index in [1.807, 2.05) is 24.3 Å². The number of nitrogens with zero attached hydrogens (tertiary/aromatic N) is 1. The van der Waals surface area contributed by atoms with Crippen molar-refractivity contribution < 1.29 is 32.6 Å². The Morgan fingerprint density at radius 3 is 2.11 bits per heavy atom. The van der Waals surface area contributed by atoms with Crippen molar-refractivity contribution in [3.63, 3.8) is 0 Å². The number of carbonyl (C=O) groups excluding carboxylic acids is 1. The van der Waals surface area contributed by atoms with E-state index >= 15 is 0 Å². The maximum atomic E-state index is 12.4. The van der Waals surface area contributed by atoms with Crippen LogP contribution < -0.4 is 15.4 Å². The van der Waals surface area contributed by atoms with Gasteiger partial charge in [-0.2, -0.15) is 0 Å².